The number of ether oxygens (including phenoxy) is 4. The highest BCUT2D eigenvalue weighted by atomic mass is 16.5. The van der Waals surface area contributed by atoms with Gasteiger partial charge in [0.2, 0.25) is 5.89 Å². The van der Waals surface area contributed by atoms with Crippen LogP contribution in [-0.4, -0.2) is 54.4 Å². The van der Waals surface area contributed by atoms with Crippen molar-refractivity contribution < 1.29 is 33.6 Å². The molecule has 2 heterocycles. The largest absolute Gasteiger partial charge is 0.497 e. The molecule has 0 bridgehead atoms. The van der Waals surface area contributed by atoms with Crippen LogP contribution in [0.25, 0.3) is 0 Å². The number of benzene rings is 3. The van der Waals surface area contributed by atoms with Crippen LogP contribution in [0.3, 0.4) is 0 Å². The monoisotopic (exact) mass is 573 g/mol. The second-order valence-electron chi connectivity index (χ2n) is 10.7. The summed E-state index contributed by atoms with van der Waals surface area (Å²) in [5.74, 6) is 1.04. The SMILES string of the molecule is CCCNc1nnc(C[C@H]2[C@@H](O)[C@@]3(O)c4c(OC)cc(OC)cc4O[C@@]3(c3ccc(OC)cc3)[C@@H]2c2ccccc2)o1. The van der Waals surface area contributed by atoms with Crippen molar-refractivity contribution in [3.63, 3.8) is 0 Å². The van der Waals surface area contributed by atoms with Gasteiger partial charge in [-0.25, -0.2) is 0 Å². The summed E-state index contributed by atoms with van der Waals surface area (Å²) >= 11 is 0. The Kier molecular flexibility index (Phi) is 7.20. The molecule has 220 valence electrons. The zero-order valence-corrected chi connectivity index (χ0v) is 24.0. The topological polar surface area (TPSA) is 128 Å². The molecule has 0 radical (unpaired) electrons. The predicted octanol–water partition coefficient (Wildman–Crippen LogP) is 4.41. The highest BCUT2D eigenvalue weighted by molar-refractivity contribution is 5.63. The lowest BCUT2D eigenvalue weighted by Gasteiger charge is -2.41. The normalized spacial score (nSPS) is 25.8. The van der Waals surface area contributed by atoms with Crippen LogP contribution < -0.4 is 24.3 Å². The van der Waals surface area contributed by atoms with Crippen molar-refractivity contribution in [2.75, 3.05) is 33.2 Å². The van der Waals surface area contributed by atoms with Gasteiger partial charge in [0, 0.05) is 36.9 Å². The number of aliphatic hydroxyl groups is 2. The van der Waals surface area contributed by atoms with E-state index in [0.29, 0.717) is 52.6 Å². The Balaban J connectivity index is 1.59. The molecule has 0 unspecified atom stereocenters. The third-order valence-corrected chi connectivity index (χ3v) is 8.49. The Morgan fingerprint density at radius 3 is 2.33 bits per heavy atom. The molecule has 1 saturated carbocycles. The van der Waals surface area contributed by atoms with E-state index in [1.54, 1.807) is 26.4 Å². The number of hydrogen-bond donors (Lipinski definition) is 3. The number of aromatic nitrogens is 2. The van der Waals surface area contributed by atoms with Gasteiger partial charge in [0.1, 0.15) is 23.0 Å². The van der Waals surface area contributed by atoms with Gasteiger partial charge in [-0.05, 0) is 29.7 Å². The number of aliphatic hydroxyl groups excluding tert-OH is 1. The zero-order valence-electron chi connectivity index (χ0n) is 24.0. The van der Waals surface area contributed by atoms with Gasteiger partial charge in [0.15, 0.2) is 11.2 Å². The summed E-state index contributed by atoms with van der Waals surface area (Å²) in [6.45, 7) is 2.73. The van der Waals surface area contributed by atoms with Gasteiger partial charge in [-0.1, -0.05) is 54.5 Å². The van der Waals surface area contributed by atoms with E-state index in [1.165, 1.54) is 7.11 Å². The van der Waals surface area contributed by atoms with E-state index in [2.05, 4.69) is 15.5 Å². The predicted molar refractivity (Wildman–Crippen MR) is 154 cm³/mol. The second-order valence-corrected chi connectivity index (χ2v) is 10.7. The average Bonchev–Trinajstić information content (AvgIpc) is 3.64. The van der Waals surface area contributed by atoms with Gasteiger partial charge >= 0.3 is 6.01 Å². The number of rotatable bonds is 10. The summed E-state index contributed by atoms with van der Waals surface area (Å²) in [6, 6.07) is 20.8. The van der Waals surface area contributed by atoms with Gasteiger partial charge in [-0.2, -0.15) is 0 Å². The molecule has 3 N–H and O–H groups in total. The maximum atomic E-state index is 13.1. The molecule has 2 aliphatic rings. The lowest BCUT2D eigenvalue weighted by atomic mass is 9.70. The number of nitrogens with one attached hydrogen (secondary N) is 1. The van der Waals surface area contributed by atoms with E-state index in [4.69, 9.17) is 23.4 Å². The molecule has 42 heavy (non-hydrogen) atoms. The minimum Gasteiger partial charge on any atom is -0.497 e. The minimum absolute atomic E-state index is 0.193. The molecule has 3 aromatic carbocycles. The second kappa shape index (κ2) is 10.8. The van der Waals surface area contributed by atoms with Gasteiger partial charge in [0.05, 0.1) is 33.0 Å². The van der Waals surface area contributed by atoms with Crippen LogP contribution >= 0.6 is 0 Å². The molecule has 1 aliphatic carbocycles. The Morgan fingerprint density at radius 2 is 1.67 bits per heavy atom. The molecule has 4 aromatic rings. The smallest absolute Gasteiger partial charge is 0.315 e. The number of methoxy groups -OCH3 is 3. The van der Waals surface area contributed by atoms with Crippen LogP contribution in [0.5, 0.6) is 23.0 Å². The van der Waals surface area contributed by atoms with Crippen molar-refractivity contribution in [2.45, 2.75) is 43.0 Å². The molecule has 0 saturated heterocycles. The van der Waals surface area contributed by atoms with Crippen LogP contribution in [-0.2, 0) is 17.6 Å². The number of nitrogens with zero attached hydrogens (tertiary/aromatic N) is 2. The van der Waals surface area contributed by atoms with E-state index < -0.39 is 29.1 Å². The molecule has 1 aromatic heterocycles. The summed E-state index contributed by atoms with van der Waals surface area (Å²) in [7, 11) is 4.66. The van der Waals surface area contributed by atoms with E-state index >= 15 is 0 Å². The molecule has 1 fully saturated rings. The third-order valence-electron chi connectivity index (χ3n) is 8.49. The van der Waals surface area contributed by atoms with Gasteiger partial charge in [-0.15, -0.1) is 5.10 Å². The summed E-state index contributed by atoms with van der Waals surface area (Å²) in [5.41, 5.74) is -1.53. The van der Waals surface area contributed by atoms with Crippen molar-refractivity contribution in [3.05, 3.63) is 89.3 Å². The summed E-state index contributed by atoms with van der Waals surface area (Å²) in [4.78, 5) is 0. The molecular weight excluding hydrogens is 538 g/mol. The number of anilines is 1. The first-order valence-electron chi connectivity index (χ1n) is 14.0. The lowest BCUT2D eigenvalue weighted by molar-refractivity contribution is -0.152. The molecule has 0 spiro atoms. The van der Waals surface area contributed by atoms with Crippen LogP contribution in [0, 0.1) is 5.92 Å². The molecule has 10 heteroatoms. The first kappa shape index (κ1) is 27.9. The fourth-order valence-electron chi connectivity index (χ4n) is 6.71. The fourth-order valence-corrected chi connectivity index (χ4v) is 6.71. The van der Waals surface area contributed by atoms with E-state index in [0.717, 1.165) is 12.0 Å². The van der Waals surface area contributed by atoms with Crippen molar-refractivity contribution >= 4 is 6.01 Å². The van der Waals surface area contributed by atoms with E-state index in [9.17, 15) is 10.2 Å². The standard InChI is InChI=1S/C32H35N3O7/c1-5-15-33-30-35-34-26(41-30)18-23-27(19-9-7-6-8-10-19)32(20-11-13-21(38-2)14-12-20)31(37,29(23)36)28-24(40-4)16-22(39-3)17-25(28)42-32/h6-14,16-17,23,27,29,36-37H,5,15,18H2,1-4H3,(H,33,35)/t23-,27-,29-,31+,32+/m1/s1. The highest BCUT2D eigenvalue weighted by Gasteiger charge is 2.76. The Morgan fingerprint density at radius 1 is 0.929 bits per heavy atom. The van der Waals surface area contributed by atoms with E-state index in [1.807, 2.05) is 61.5 Å². The molecular formula is C32H35N3O7. The van der Waals surface area contributed by atoms with Crippen molar-refractivity contribution in [1.82, 2.24) is 10.2 Å². The summed E-state index contributed by atoms with van der Waals surface area (Å²) in [6.07, 6.45) is -0.234. The summed E-state index contributed by atoms with van der Waals surface area (Å²) < 4.78 is 29.6. The van der Waals surface area contributed by atoms with Gasteiger partial charge in [-0.3, -0.25) is 0 Å². The first-order valence-corrected chi connectivity index (χ1v) is 14.0. The summed E-state index contributed by atoms with van der Waals surface area (Å²) in [5, 5.41) is 36.9. The van der Waals surface area contributed by atoms with Crippen LogP contribution in [0.2, 0.25) is 0 Å². The molecule has 0 amide bonds. The fraction of sp³-hybridized carbons (Fsp3) is 0.375. The van der Waals surface area contributed by atoms with Crippen LogP contribution in [0.1, 0.15) is 41.8 Å². The third kappa shape index (κ3) is 4.08. The highest BCUT2D eigenvalue weighted by Crippen LogP contribution is 2.70. The number of fused-ring (bicyclic) bond motifs is 3. The molecule has 10 nitrogen and oxygen atoms in total. The van der Waals surface area contributed by atoms with Crippen molar-refractivity contribution in [1.29, 1.82) is 0 Å². The van der Waals surface area contributed by atoms with Crippen LogP contribution in [0.4, 0.5) is 6.01 Å². The average molecular weight is 574 g/mol. The van der Waals surface area contributed by atoms with Gasteiger partial charge < -0.3 is 38.9 Å². The van der Waals surface area contributed by atoms with Crippen molar-refractivity contribution in [2.24, 2.45) is 5.92 Å². The zero-order chi connectivity index (χ0) is 29.5. The maximum Gasteiger partial charge on any atom is 0.315 e. The van der Waals surface area contributed by atoms with Crippen LogP contribution in [0.15, 0.2) is 71.1 Å². The number of hydrogen-bond acceptors (Lipinski definition) is 10. The molecule has 1 aliphatic heterocycles. The Hall–Kier alpha value is -4.28. The van der Waals surface area contributed by atoms with E-state index in [-0.39, 0.29) is 6.42 Å². The molecule has 6 rings (SSSR count). The minimum atomic E-state index is -1.94. The Bertz CT molecular complexity index is 1540. The first-order chi connectivity index (χ1) is 20.4. The van der Waals surface area contributed by atoms with Gasteiger partial charge in [0.25, 0.3) is 0 Å². The maximum absolute atomic E-state index is 13.1. The Labute approximate surface area is 244 Å². The molecule has 5 atom stereocenters. The lowest BCUT2D eigenvalue weighted by Crippen LogP contribution is -2.52. The quantitative estimate of drug-likeness (QED) is 0.251. The van der Waals surface area contributed by atoms with Crippen molar-refractivity contribution in [3.8, 4) is 23.0 Å².